The minimum Gasteiger partial charge on any atom is -0.381 e. The second-order valence-electron chi connectivity index (χ2n) is 7.49. The number of nitrogens with one attached hydrogen (secondary N) is 1. The van der Waals surface area contributed by atoms with Crippen molar-refractivity contribution in [1.29, 1.82) is 0 Å². The van der Waals surface area contributed by atoms with Crippen molar-refractivity contribution in [2.75, 3.05) is 21.3 Å². The van der Waals surface area contributed by atoms with Gasteiger partial charge in [0.25, 0.3) is 5.89 Å². The van der Waals surface area contributed by atoms with E-state index < -0.39 is 0 Å². The molecule has 2 aliphatic rings. The van der Waals surface area contributed by atoms with Crippen LogP contribution in [0.5, 0.6) is 0 Å². The van der Waals surface area contributed by atoms with Gasteiger partial charge in [0.2, 0.25) is 5.82 Å². The Balaban J connectivity index is 1.41. The normalized spacial score (nSPS) is 23.2. The van der Waals surface area contributed by atoms with E-state index in [-0.39, 0.29) is 24.2 Å². The molecule has 2 aromatic rings. The van der Waals surface area contributed by atoms with Crippen molar-refractivity contribution in [3.63, 3.8) is 0 Å². The molecule has 1 fully saturated rings. The average Bonchev–Trinajstić information content (AvgIpc) is 3.28. The van der Waals surface area contributed by atoms with E-state index in [1.807, 2.05) is 13.1 Å². The van der Waals surface area contributed by atoms with E-state index in [1.165, 1.54) is 5.56 Å². The summed E-state index contributed by atoms with van der Waals surface area (Å²) in [5.74, 6) is 1.01. The van der Waals surface area contributed by atoms with Crippen molar-refractivity contribution >= 4 is 6.03 Å². The molecule has 0 saturated heterocycles. The van der Waals surface area contributed by atoms with E-state index >= 15 is 0 Å². The van der Waals surface area contributed by atoms with Gasteiger partial charge in [0.15, 0.2) is 0 Å². The van der Waals surface area contributed by atoms with E-state index in [2.05, 4.69) is 27.6 Å². The van der Waals surface area contributed by atoms with Crippen LogP contribution in [0.1, 0.15) is 42.3 Å². The number of aryl methyl sites for hydroxylation is 1. The molecule has 2 amide bonds. The smallest absolute Gasteiger partial charge is 0.317 e. The van der Waals surface area contributed by atoms with Gasteiger partial charge >= 0.3 is 6.03 Å². The summed E-state index contributed by atoms with van der Waals surface area (Å²) in [6.45, 7) is 0.297. The van der Waals surface area contributed by atoms with Gasteiger partial charge in [-0.1, -0.05) is 17.3 Å². The van der Waals surface area contributed by atoms with Crippen molar-refractivity contribution in [3.05, 3.63) is 35.2 Å². The fourth-order valence-electron chi connectivity index (χ4n) is 3.92. The first-order chi connectivity index (χ1) is 13.6. The molecular formula is C20H26N4O4. The molecule has 0 radical (unpaired) electrons. The van der Waals surface area contributed by atoms with Crippen LogP contribution in [0.3, 0.4) is 0 Å². The van der Waals surface area contributed by atoms with E-state index in [4.69, 9.17) is 14.0 Å². The third kappa shape index (κ3) is 3.62. The van der Waals surface area contributed by atoms with Crippen LogP contribution in [0.15, 0.2) is 22.7 Å². The number of amides is 2. The second kappa shape index (κ2) is 7.89. The summed E-state index contributed by atoms with van der Waals surface area (Å²) in [6.07, 6.45) is 3.89. The van der Waals surface area contributed by atoms with E-state index in [0.29, 0.717) is 18.3 Å². The van der Waals surface area contributed by atoms with Crippen LogP contribution in [0.4, 0.5) is 4.79 Å². The lowest BCUT2D eigenvalue weighted by atomic mass is 9.88. The Hall–Kier alpha value is -2.45. The maximum atomic E-state index is 12.6. The third-order valence-corrected chi connectivity index (χ3v) is 5.78. The molecule has 28 heavy (non-hydrogen) atoms. The minimum atomic E-state index is -0.0242. The number of methoxy groups -OCH3 is 2. The minimum absolute atomic E-state index is 0.0242. The van der Waals surface area contributed by atoms with Gasteiger partial charge in [-0.15, -0.1) is 0 Å². The number of ether oxygens (including phenoxy) is 2. The Morgan fingerprint density at radius 2 is 2.18 bits per heavy atom. The van der Waals surface area contributed by atoms with E-state index in [9.17, 15) is 4.79 Å². The average molecular weight is 386 g/mol. The molecule has 0 aliphatic heterocycles. The highest BCUT2D eigenvalue weighted by molar-refractivity contribution is 5.75. The Labute approximate surface area is 164 Å². The molecule has 0 spiro atoms. The molecule has 2 aliphatic carbocycles. The Kier molecular flexibility index (Phi) is 5.32. The molecule has 1 aromatic carbocycles. The SMILES string of the molecule is COCc1nc(-c2ccc3c(c2)CC[C@H]3NC(=O)N(C)C2CC(OC)C2)no1. The van der Waals surface area contributed by atoms with Crippen LogP contribution >= 0.6 is 0 Å². The number of hydrogen-bond donors (Lipinski definition) is 1. The van der Waals surface area contributed by atoms with Crippen molar-refractivity contribution in [1.82, 2.24) is 20.4 Å². The van der Waals surface area contributed by atoms with Gasteiger partial charge in [-0.25, -0.2) is 4.79 Å². The number of urea groups is 1. The first-order valence-electron chi connectivity index (χ1n) is 9.60. The van der Waals surface area contributed by atoms with Crippen LogP contribution in [0.25, 0.3) is 11.4 Å². The zero-order chi connectivity index (χ0) is 19.7. The number of carbonyl (C=O) groups excluding carboxylic acids is 1. The molecule has 4 rings (SSSR count). The number of nitrogens with zero attached hydrogens (tertiary/aromatic N) is 3. The molecule has 0 unspecified atom stereocenters. The maximum Gasteiger partial charge on any atom is 0.317 e. The molecule has 1 heterocycles. The number of benzene rings is 1. The third-order valence-electron chi connectivity index (χ3n) is 5.78. The van der Waals surface area contributed by atoms with Crippen molar-refractivity contribution in [2.45, 2.75) is 50.5 Å². The summed E-state index contributed by atoms with van der Waals surface area (Å²) in [5, 5.41) is 7.19. The van der Waals surface area contributed by atoms with Gasteiger partial charge in [0.05, 0.1) is 12.1 Å². The first-order valence-corrected chi connectivity index (χ1v) is 9.60. The summed E-state index contributed by atoms with van der Waals surface area (Å²) in [4.78, 5) is 18.8. The summed E-state index contributed by atoms with van der Waals surface area (Å²) in [6, 6.07) is 6.38. The summed E-state index contributed by atoms with van der Waals surface area (Å²) in [5.41, 5.74) is 3.29. The number of rotatable bonds is 6. The van der Waals surface area contributed by atoms with Gasteiger partial charge in [-0.2, -0.15) is 4.98 Å². The zero-order valence-electron chi connectivity index (χ0n) is 16.5. The number of carbonyl (C=O) groups is 1. The molecule has 8 nitrogen and oxygen atoms in total. The summed E-state index contributed by atoms with van der Waals surface area (Å²) >= 11 is 0. The predicted octanol–water partition coefficient (Wildman–Crippen LogP) is 2.69. The van der Waals surface area contributed by atoms with Crippen molar-refractivity contribution < 1.29 is 18.8 Å². The molecule has 1 saturated carbocycles. The van der Waals surface area contributed by atoms with Gasteiger partial charge in [-0.3, -0.25) is 0 Å². The highest BCUT2D eigenvalue weighted by atomic mass is 16.5. The summed E-state index contributed by atoms with van der Waals surface area (Å²) < 4.78 is 15.5. The number of hydrogen-bond acceptors (Lipinski definition) is 6. The molecule has 1 aromatic heterocycles. The molecule has 1 atom stereocenters. The van der Waals surface area contributed by atoms with Gasteiger partial charge < -0.3 is 24.2 Å². The lowest BCUT2D eigenvalue weighted by molar-refractivity contribution is -0.00872. The van der Waals surface area contributed by atoms with Crippen LogP contribution < -0.4 is 5.32 Å². The molecule has 0 bridgehead atoms. The molecule has 8 heteroatoms. The van der Waals surface area contributed by atoms with Crippen LogP contribution in [0.2, 0.25) is 0 Å². The second-order valence-corrected chi connectivity index (χ2v) is 7.49. The van der Waals surface area contributed by atoms with Crippen molar-refractivity contribution in [2.24, 2.45) is 0 Å². The Morgan fingerprint density at radius 1 is 1.36 bits per heavy atom. The monoisotopic (exact) mass is 386 g/mol. The van der Waals surface area contributed by atoms with Crippen LogP contribution in [-0.2, 0) is 22.5 Å². The first kappa shape index (κ1) is 18.9. The number of fused-ring (bicyclic) bond motifs is 1. The maximum absolute atomic E-state index is 12.6. The highest BCUT2D eigenvalue weighted by Crippen LogP contribution is 2.34. The van der Waals surface area contributed by atoms with Gasteiger partial charge in [0.1, 0.15) is 6.61 Å². The fourth-order valence-corrected chi connectivity index (χ4v) is 3.92. The quantitative estimate of drug-likeness (QED) is 0.821. The highest BCUT2D eigenvalue weighted by Gasteiger charge is 2.35. The lowest BCUT2D eigenvalue weighted by Gasteiger charge is -2.40. The van der Waals surface area contributed by atoms with E-state index in [0.717, 1.165) is 36.8 Å². The summed E-state index contributed by atoms with van der Waals surface area (Å²) in [7, 11) is 5.17. The van der Waals surface area contributed by atoms with Crippen molar-refractivity contribution in [3.8, 4) is 11.4 Å². The molecule has 1 N–H and O–H groups in total. The topological polar surface area (TPSA) is 89.7 Å². The van der Waals surface area contributed by atoms with Gasteiger partial charge in [0, 0.05) is 32.9 Å². The standard InChI is InChI=1S/C20H26N4O4/c1-24(14-9-15(10-14)27-3)20(25)21-17-7-5-12-8-13(4-6-16(12)17)19-22-18(11-26-2)28-23-19/h4,6,8,14-15,17H,5,7,9-11H2,1-3H3,(H,21,25)/t14?,15?,17-/m1/s1. The van der Waals surface area contributed by atoms with E-state index in [1.54, 1.807) is 19.1 Å². The fraction of sp³-hybridized carbons (Fsp3) is 0.550. The molecule has 150 valence electrons. The lowest BCUT2D eigenvalue weighted by Crippen LogP contribution is -2.51. The molecular weight excluding hydrogens is 360 g/mol. The predicted molar refractivity (Wildman–Crippen MR) is 102 cm³/mol. The Bertz CT molecular complexity index is 846. The number of aromatic nitrogens is 2. The zero-order valence-corrected chi connectivity index (χ0v) is 16.5. The Morgan fingerprint density at radius 3 is 2.93 bits per heavy atom. The van der Waals surface area contributed by atoms with Crippen LogP contribution in [0, 0.1) is 0 Å². The largest absolute Gasteiger partial charge is 0.381 e. The van der Waals surface area contributed by atoms with Crippen LogP contribution in [-0.4, -0.2) is 54.5 Å². The van der Waals surface area contributed by atoms with Gasteiger partial charge in [-0.05, 0) is 42.9 Å².